The molecule has 0 radical (unpaired) electrons. The zero-order valence-electron chi connectivity index (χ0n) is 12.6. The largest absolute Gasteiger partial charge is 0.351 e. The lowest BCUT2D eigenvalue weighted by molar-refractivity contribution is 0.255. The van der Waals surface area contributed by atoms with Crippen LogP contribution in [0.2, 0.25) is 10.0 Å². The van der Waals surface area contributed by atoms with E-state index in [0.29, 0.717) is 21.6 Å². The predicted molar refractivity (Wildman–Crippen MR) is 94.3 cm³/mol. The highest BCUT2D eigenvalue weighted by molar-refractivity contribution is 6.42. The number of para-hydroxylation sites is 1. The maximum absolute atomic E-state index is 12.1. The smallest absolute Gasteiger partial charge is 0.326 e. The predicted octanol–water partition coefficient (Wildman–Crippen LogP) is 4.10. The van der Waals surface area contributed by atoms with Crippen molar-refractivity contribution in [3.05, 3.63) is 64.4 Å². The van der Waals surface area contributed by atoms with Crippen molar-refractivity contribution in [3.8, 4) is 5.69 Å². The summed E-state index contributed by atoms with van der Waals surface area (Å²) in [4.78, 5) is 17.6. The Morgan fingerprint density at radius 3 is 2.46 bits per heavy atom. The molecule has 1 aromatic heterocycles. The number of hydrogen-bond donors (Lipinski definition) is 1. The molecule has 24 heavy (non-hydrogen) atoms. The van der Waals surface area contributed by atoms with Gasteiger partial charge in [-0.3, -0.25) is 0 Å². The molecule has 0 fully saturated rings. The Morgan fingerprint density at radius 1 is 1.12 bits per heavy atom. The van der Waals surface area contributed by atoms with Crippen LogP contribution in [0.5, 0.6) is 0 Å². The first-order chi connectivity index (χ1) is 11.5. The van der Waals surface area contributed by atoms with E-state index in [2.05, 4.69) is 10.1 Å². The molecule has 0 aliphatic heterocycles. The number of rotatable bonds is 3. The monoisotopic (exact) mass is 361 g/mol. The van der Waals surface area contributed by atoms with Crippen molar-refractivity contribution < 1.29 is 4.79 Å². The van der Waals surface area contributed by atoms with Gasteiger partial charge >= 0.3 is 6.03 Å². The molecule has 0 spiro atoms. The molecule has 1 heterocycles. The van der Waals surface area contributed by atoms with Gasteiger partial charge in [-0.05, 0) is 37.3 Å². The first-order valence-electron chi connectivity index (χ1n) is 7.01. The lowest BCUT2D eigenvalue weighted by Crippen LogP contribution is -2.33. The van der Waals surface area contributed by atoms with Crippen molar-refractivity contribution in [2.24, 2.45) is 5.73 Å². The van der Waals surface area contributed by atoms with Crippen LogP contribution < -0.4 is 10.6 Å². The van der Waals surface area contributed by atoms with Gasteiger partial charge in [0.15, 0.2) is 0 Å². The van der Waals surface area contributed by atoms with Gasteiger partial charge in [-0.2, -0.15) is 9.67 Å². The van der Waals surface area contributed by atoms with Crippen LogP contribution in [-0.2, 0) is 0 Å². The van der Waals surface area contributed by atoms with Gasteiger partial charge in [0.2, 0.25) is 5.95 Å². The number of carbonyl (C=O) groups is 1. The van der Waals surface area contributed by atoms with Crippen molar-refractivity contribution in [3.63, 3.8) is 0 Å². The maximum Gasteiger partial charge on any atom is 0.326 e. The lowest BCUT2D eigenvalue weighted by atomic mass is 10.3. The van der Waals surface area contributed by atoms with Gasteiger partial charge in [0, 0.05) is 0 Å². The number of nitrogens with zero attached hydrogens (tertiary/aromatic N) is 4. The summed E-state index contributed by atoms with van der Waals surface area (Å²) in [5.74, 6) is 0.768. The molecule has 0 atom stereocenters. The quantitative estimate of drug-likeness (QED) is 0.762. The molecule has 0 unspecified atom stereocenters. The van der Waals surface area contributed by atoms with Gasteiger partial charge in [-0.1, -0.05) is 41.4 Å². The van der Waals surface area contributed by atoms with E-state index in [9.17, 15) is 4.79 Å². The molecule has 0 saturated heterocycles. The number of urea groups is 1. The summed E-state index contributed by atoms with van der Waals surface area (Å²) in [7, 11) is 0. The summed E-state index contributed by atoms with van der Waals surface area (Å²) in [6.45, 7) is 1.73. The Kier molecular flexibility index (Phi) is 4.42. The van der Waals surface area contributed by atoms with Crippen LogP contribution >= 0.6 is 23.2 Å². The number of carbonyl (C=O) groups excluding carboxylic acids is 1. The Hall–Kier alpha value is -2.57. The minimum atomic E-state index is -0.710. The highest BCUT2D eigenvalue weighted by Crippen LogP contribution is 2.31. The number of anilines is 2. The summed E-state index contributed by atoms with van der Waals surface area (Å²) in [5.41, 5.74) is 6.77. The molecule has 122 valence electrons. The molecule has 2 aromatic carbocycles. The van der Waals surface area contributed by atoms with E-state index >= 15 is 0 Å². The van der Waals surface area contributed by atoms with Gasteiger partial charge in [-0.25, -0.2) is 9.69 Å². The van der Waals surface area contributed by atoms with E-state index in [-0.39, 0.29) is 5.95 Å². The summed E-state index contributed by atoms with van der Waals surface area (Å²) in [6.07, 6.45) is 0. The average molecular weight is 362 g/mol. The third-order valence-electron chi connectivity index (χ3n) is 3.28. The van der Waals surface area contributed by atoms with Crippen molar-refractivity contribution in [1.82, 2.24) is 14.8 Å². The van der Waals surface area contributed by atoms with Crippen LogP contribution in [0, 0.1) is 6.92 Å². The molecule has 3 aromatic rings. The summed E-state index contributed by atoms with van der Waals surface area (Å²) in [5, 5.41) is 5.04. The Labute approximate surface area is 148 Å². The van der Waals surface area contributed by atoms with E-state index in [1.807, 2.05) is 30.3 Å². The lowest BCUT2D eigenvalue weighted by Gasteiger charge is -2.20. The number of halogens is 2. The van der Waals surface area contributed by atoms with Crippen LogP contribution in [0.1, 0.15) is 5.82 Å². The van der Waals surface area contributed by atoms with Crippen LogP contribution in [0.4, 0.5) is 16.4 Å². The van der Waals surface area contributed by atoms with E-state index in [0.717, 1.165) is 5.69 Å². The van der Waals surface area contributed by atoms with Crippen LogP contribution in [0.15, 0.2) is 48.5 Å². The van der Waals surface area contributed by atoms with Gasteiger partial charge in [0.05, 0.1) is 21.4 Å². The van der Waals surface area contributed by atoms with Crippen molar-refractivity contribution in [2.75, 3.05) is 4.90 Å². The van der Waals surface area contributed by atoms with E-state index in [1.54, 1.807) is 29.8 Å². The van der Waals surface area contributed by atoms with Crippen molar-refractivity contribution in [1.29, 1.82) is 0 Å². The fraction of sp³-hybridized carbons (Fsp3) is 0.0625. The number of primary amides is 1. The van der Waals surface area contributed by atoms with E-state index in [4.69, 9.17) is 28.9 Å². The zero-order valence-corrected chi connectivity index (χ0v) is 14.2. The number of hydrogen-bond acceptors (Lipinski definition) is 3. The number of aryl methyl sites for hydroxylation is 1. The molecule has 0 bridgehead atoms. The zero-order chi connectivity index (χ0) is 17.3. The van der Waals surface area contributed by atoms with Crippen molar-refractivity contribution in [2.45, 2.75) is 6.92 Å². The average Bonchev–Trinajstić information content (AvgIpc) is 2.93. The Balaban J connectivity index is 2.17. The molecule has 8 heteroatoms. The second-order valence-corrected chi connectivity index (χ2v) is 5.79. The summed E-state index contributed by atoms with van der Waals surface area (Å²) < 4.78 is 1.54. The Bertz CT molecular complexity index is 895. The SMILES string of the molecule is Cc1nc(N(C(N)=O)c2ccc(Cl)c(Cl)c2)n(-c2ccccc2)n1. The summed E-state index contributed by atoms with van der Waals surface area (Å²) >= 11 is 12.0. The molecular formula is C16H13Cl2N5O. The summed E-state index contributed by atoms with van der Waals surface area (Å²) in [6, 6.07) is 13.4. The van der Waals surface area contributed by atoms with Crippen LogP contribution in [0.25, 0.3) is 5.69 Å². The molecule has 0 aliphatic carbocycles. The molecule has 2 amide bonds. The standard InChI is InChI=1S/C16H13Cl2N5O/c1-10-20-16(23(21-10)11-5-3-2-4-6-11)22(15(19)24)12-7-8-13(17)14(18)9-12/h2-9H,1H3,(H2,19,24). The third-order valence-corrected chi connectivity index (χ3v) is 4.02. The maximum atomic E-state index is 12.1. The fourth-order valence-corrected chi connectivity index (χ4v) is 2.55. The van der Waals surface area contributed by atoms with Crippen LogP contribution in [-0.4, -0.2) is 20.8 Å². The minimum absolute atomic E-state index is 0.268. The van der Waals surface area contributed by atoms with Gasteiger partial charge in [0.25, 0.3) is 0 Å². The molecule has 0 saturated carbocycles. The van der Waals surface area contributed by atoms with Gasteiger partial charge in [0.1, 0.15) is 5.82 Å². The minimum Gasteiger partial charge on any atom is -0.351 e. The second kappa shape index (κ2) is 6.51. The third kappa shape index (κ3) is 3.06. The molecular weight excluding hydrogens is 349 g/mol. The number of aromatic nitrogens is 3. The highest BCUT2D eigenvalue weighted by atomic mass is 35.5. The Morgan fingerprint density at radius 2 is 1.83 bits per heavy atom. The fourth-order valence-electron chi connectivity index (χ4n) is 2.26. The van der Waals surface area contributed by atoms with Gasteiger partial charge in [-0.15, -0.1) is 5.10 Å². The van der Waals surface area contributed by atoms with E-state index in [1.165, 1.54) is 4.90 Å². The first kappa shape index (κ1) is 16.3. The molecule has 3 rings (SSSR count). The first-order valence-corrected chi connectivity index (χ1v) is 7.76. The normalized spacial score (nSPS) is 10.6. The molecule has 2 N–H and O–H groups in total. The number of benzene rings is 2. The van der Waals surface area contributed by atoms with Crippen molar-refractivity contribution >= 4 is 40.9 Å². The second-order valence-electron chi connectivity index (χ2n) is 4.98. The topological polar surface area (TPSA) is 77.0 Å². The molecule has 6 nitrogen and oxygen atoms in total. The van der Waals surface area contributed by atoms with Gasteiger partial charge < -0.3 is 5.73 Å². The number of amides is 2. The molecule has 0 aliphatic rings. The van der Waals surface area contributed by atoms with Crippen LogP contribution in [0.3, 0.4) is 0 Å². The van der Waals surface area contributed by atoms with E-state index < -0.39 is 6.03 Å². The highest BCUT2D eigenvalue weighted by Gasteiger charge is 2.23. The number of nitrogens with two attached hydrogens (primary N) is 1.